The fourth-order valence-corrected chi connectivity index (χ4v) is 2.51. The third-order valence-electron chi connectivity index (χ3n) is 3.62. The summed E-state index contributed by atoms with van der Waals surface area (Å²) in [5.41, 5.74) is 2.25. The molecular formula is C16H24N2O2. The number of nitrogens with zero attached hydrogens (tertiary/aromatic N) is 1. The summed E-state index contributed by atoms with van der Waals surface area (Å²) >= 11 is 0. The van der Waals surface area contributed by atoms with Crippen molar-refractivity contribution in [1.82, 2.24) is 10.2 Å². The first-order valence-corrected chi connectivity index (χ1v) is 7.24. The molecule has 0 saturated heterocycles. The lowest BCUT2D eigenvalue weighted by atomic mass is 9.99. The number of hydrogen-bond donors (Lipinski definition) is 1. The molecule has 0 aliphatic carbocycles. The van der Waals surface area contributed by atoms with Gasteiger partial charge in [-0.25, -0.2) is 0 Å². The molecule has 1 unspecified atom stereocenters. The van der Waals surface area contributed by atoms with Gasteiger partial charge in [-0.15, -0.1) is 0 Å². The number of aryl methyl sites for hydroxylation is 1. The van der Waals surface area contributed by atoms with Crippen molar-refractivity contribution in [3.8, 4) is 5.75 Å². The van der Waals surface area contributed by atoms with E-state index in [2.05, 4.69) is 24.4 Å². The third kappa shape index (κ3) is 3.73. The second-order valence-corrected chi connectivity index (χ2v) is 5.66. The minimum Gasteiger partial charge on any atom is -0.493 e. The van der Waals surface area contributed by atoms with Crippen LogP contribution in [0.15, 0.2) is 18.2 Å². The van der Waals surface area contributed by atoms with Crippen LogP contribution in [0.25, 0.3) is 0 Å². The molecule has 110 valence electrons. The van der Waals surface area contributed by atoms with Gasteiger partial charge in [0, 0.05) is 18.5 Å². The average Bonchev–Trinajstić information content (AvgIpc) is 2.60. The molecule has 1 amide bonds. The average molecular weight is 276 g/mol. The number of carbonyl (C=O) groups excluding carboxylic acids is 1. The van der Waals surface area contributed by atoms with Gasteiger partial charge in [-0.1, -0.05) is 18.2 Å². The van der Waals surface area contributed by atoms with E-state index in [1.54, 1.807) is 0 Å². The monoisotopic (exact) mass is 276 g/mol. The number of rotatable bonds is 4. The topological polar surface area (TPSA) is 41.6 Å². The summed E-state index contributed by atoms with van der Waals surface area (Å²) in [6.45, 7) is 3.55. The van der Waals surface area contributed by atoms with Gasteiger partial charge in [0.15, 0.2) is 0 Å². The largest absolute Gasteiger partial charge is 0.493 e. The molecule has 0 spiro atoms. The molecule has 4 heteroatoms. The van der Waals surface area contributed by atoms with E-state index in [1.807, 2.05) is 25.1 Å². The van der Waals surface area contributed by atoms with Crippen LogP contribution in [0.3, 0.4) is 0 Å². The zero-order chi connectivity index (χ0) is 14.5. The number of carbonyl (C=O) groups is 1. The molecular weight excluding hydrogens is 252 g/mol. The highest BCUT2D eigenvalue weighted by molar-refractivity contribution is 5.76. The summed E-state index contributed by atoms with van der Waals surface area (Å²) in [7, 11) is 3.96. The molecule has 0 aromatic heterocycles. The molecule has 0 radical (unpaired) electrons. The van der Waals surface area contributed by atoms with Crippen molar-refractivity contribution in [2.45, 2.75) is 32.2 Å². The molecule has 1 atom stereocenters. The summed E-state index contributed by atoms with van der Waals surface area (Å²) in [4.78, 5) is 14.1. The Bertz CT molecular complexity index is 472. The van der Waals surface area contributed by atoms with Crippen LogP contribution < -0.4 is 10.1 Å². The molecule has 1 heterocycles. The van der Waals surface area contributed by atoms with Crippen LogP contribution in [-0.2, 0) is 4.79 Å². The molecule has 1 N–H and O–H groups in total. The second kappa shape index (κ2) is 6.75. The zero-order valence-corrected chi connectivity index (χ0v) is 12.6. The van der Waals surface area contributed by atoms with Gasteiger partial charge in [0.05, 0.1) is 12.6 Å². The number of ether oxygens (including phenoxy) is 1. The van der Waals surface area contributed by atoms with E-state index in [1.165, 1.54) is 0 Å². The van der Waals surface area contributed by atoms with Gasteiger partial charge in [0.25, 0.3) is 0 Å². The molecule has 1 aliphatic rings. The number of nitrogens with one attached hydrogen (secondary N) is 1. The number of hydrogen-bond acceptors (Lipinski definition) is 3. The van der Waals surface area contributed by atoms with Crippen LogP contribution in [0.2, 0.25) is 0 Å². The first-order valence-electron chi connectivity index (χ1n) is 7.24. The Hall–Kier alpha value is -1.55. The van der Waals surface area contributed by atoms with Crippen molar-refractivity contribution in [2.24, 2.45) is 0 Å². The lowest BCUT2D eigenvalue weighted by molar-refractivity contribution is -0.122. The van der Waals surface area contributed by atoms with E-state index < -0.39 is 0 Å². The fraction of sp³-hybridized carbons (Fsp3) is 0.562. The van der Waals surface area contributed by atoms with E-state index in [9.17, 15) is 4.79 Å². The minimum absolute atomic E-state index is 0.0714. The Balaban J connectivity index is 2.09. The summed E-state index contributed by atoms with van der Waals surface area (Å²) < 4.78 is 5.83. The number of benzene rings is 1. The van der Waals surface area contributed by atoms with Gasteiger partial charge in [0.2, 0.25) is 5.91 Å². The molecule has 1 aromatic rings. The molecule has 0 bridgehead atoms. The normalized spacial score (nSPS) is 18.1. The number of fused-ring (bicyclic) bond motifs is 1. The Kier molecular flexibility index (Phi) is 5.01. The summed E-state index contributed by atoms with van der Waals surface area (Å²) in [6.07, 6.45) is 2.43. The molecule has 4 nitrogen and oxygen atoms in total. The van der Waals surface area contributed by atoms with Crippen molar-refractivity contribution in [1.29, 1.82) is 0 Å². The lowest BCUT2D eigenvalue weighted by Gasteiger charge is -2.20. The van der Waals surface area contributed by atoms with Crippen LogP contribution in [-0.4, -0.2) is 38.1 Å². The maximum Gasteiger partial charge on any atom is 0.221 e. The first kappa shape index (κ1) is 14.9. The van der Waals surface area contributed by atoms with Crippen molar-refractivity contribution >= 4 is 5.91 Å². The first-order chi connectivity index (χ1) is 9.58. The predicted octanol–water partition coefficient (Wildman–Crippen LogP) is 2.28. The minimum atomic E-state index is 0.0714. The van der Waals surface area contributed by atoms with E-state index in [4.69, 9.17) is 4.74 Å². The lowest BCUT2D eigenvalue weighted by Crippen LogP contribution is -2.30. The molecule has 1 aromatic carbocycles. The van der Waals surface area contributed by atoms with Crippen molar-refractivity contribution in [2.75, 3.05) is 27.2 Å². The Morgan fingerprint density at radius 3 is 3.00 bits per heavy atom. The number of amides is 1. The van der Waals surface area contributed by atoms with Gasteiger partial charge in [-0.05, 0) is 39.4 Å². The quantitative estimate of drug-likeness (QED) is 0.917. The van der Waals surface area contributed by atoms with Crippen molar-refractivity contribution < 1.29 is 9.53 Å². The maximum absolute atomic E-state index is 12.0. The van der Waals surface area contributed by atoms with Crippen LogP contribution in [0.5, 0.6) is 5.75 Å². The van der Waals surface area contributed by atoms with E-state index in [0.717, 1.165) is 42.9 Å². The zero-order valence-electron chi connectivity index (χ0n) is 12.6. The van der Waals surface area contributed by atoms with Crippen molar-refractivity contribution in [3.63, 3.8) is 0 Å². The summed E-state index contributed by atoms with van der Waals surface area (Å²) in [5.74, 6) is 1.06. The van der Waals surface area contributed by atoms with Gasteiger partial charge in [-0.3, -0.25) is 4.79 Å². The second-order valence-electron chi connectivity index (χ2n) is 5.66. The number of para-hydroxylation sites is 1. The summed E-state index contributed by atoms with van der Waals surface area (Å²) in [5, 5.41) is 3.15. The van der Waals surface area contributed by atoms with Crippen molar-refractivity contribution in [3.05, 3.63) is 29.3 Å². The van der Waals surface area contributed by atoms with E-state index in [0.29, 0.717) is 6.42 Å². The third-order valence-corrected chi connectivity index (χ3v) is 3.62. The standard InChI is InChI=1S/C16H24N2O2/c1-12-6-4-7-13-14(8-5-11-20-16(12)13)17-15(19)9-10-18(2)3/h4,6-7,14H,5,8-11H2,1-3H3,(H,17,19). The summed E-state index contributed by atoms with van der Waals surface area (Å²) in [6, 6.07) is 6.21. The highest BCUT2D eigenvalue weighted by Crippen LogP contribution is 2.33. The van der Waals surface area contributed by atoms with Gasteiger partial charge < -0.3 is 15.0 Å². The predicted molar refractivity (Wildman–Crippen MR) is 80.0 cm³/mol. The maximum atomic E-state index is 12.0. The van der Waals surface area contributed by atoms with E-state index >= 15 is 0 Å². The van der Waals surface area contributed by atoms with Crippen LogP contribution in [0.4, 0.5) is 0 Å². The van der Waals surface area contributed by atoms with Gasteiger partial charge in [0.1, 0.15) is 5.75 Å². The van der Waals surface area contributed by atoms with E-state index in [-0.39, 0.29) is 11.9 Å². The Labute approximate surface area is 121 Å². The van der Waals surface area contributed by atoms with Crippen LogP contribution in [0, 0.1) is 6.92 Å². The SMILES string of the molecule is Cc1cccc2c1OCCCC2NC(=O)CCN(C)C. The van der Waals surface area contributed by atoms with Crippen LogP contribution in [0.1, 0.15) is 36.4 Å². The smallest absolute Gasteiger partial charge is 0.221 e. The molecule has 2 rings (SSSR count). The Morgan fingerprint density at radius 2 is 2.25 bits per heavy atom. The molecule has 0 saturated carbocycles. The highest BCUT2D eigenvalue weighted by atomic mass is 16.5. The van der Waals surface area contributed by atoms with Gasteiger partial charge in [-0.2, -0.15) is 0 Å². The fourth-order valence-electron chi connectivity index (χ4n) is 2.51. The van der Waals surface area contributed by atoms with Gasteiger partial charge >= 0.3 is 0 Å². The molecule has 1 aliphatic heterocycles. The molecule has 0 fully saturated rings. The molecule has 20 heavy (non-hydrogen) atoms. The Morgan fingerprint density at radius 1 is 1.45 bits per heavy atom. The highest BCUT2D eigenvalue weighted by Gasteiger charge is 2.22. The van der Waals surface area contributed by atoms with Crippen LogP contribution >= 0.6 is 0 Å².